The molecular formula is C24H20N4O3S. The minimum Gasteiger partial charge on any atom is -0.496 e. The second kappa shape index (κ2) is 11.2. The topological polar surface area (TPSA) is 86.2 Å². The van der Waals surface area contributed by atoms with Crippen molar-refractivity contribution in [3.05, 3.63) is 90.4 Å². The smallest absolute Gasteiger partial charge is 0.258 e. The molecule has 0 saturated heterocycles. The fourth-order valence-electron chi connectivity index (χ4n) is 2.69. The number of hydrogen-bond acceptors (Lipinski definition) is 7. The standard InChI is InChI=1S/C24H20N4O3S/c1-4-9-17(5-2)31-15-8-12-22-27-28-24(32-22)26-23(29)19-13-14-25-16-20(19)18-10-6-7-11-21(18)30-3/h4-7,9-11,13-14,16H,1-2,15H2,3H3,(H,26,28,29)/b17-9+. The maximum atomic E-state index is 12.9. The van der Waals surface area contributed by atoms with Crippen molar-refractivity contribution in [1.82, 2.24) is 15.2 Å². The molecule has 0 bridgehead atoms. The molecule has 2 aromatic heterocycles. The average Bonchev–Trinajstić information content (AvgIpc) is 3.28. The number of aromatic nitrogens is 3. The Hall–Kier alpha value is -4.22. The van der Waals surface area contributed by atoms with Gasteiger partial charge in [-0.3, -0.25) is 15.1 Å². The van der Waals surface area contributed by atoms with Gasteiger partial charge >= 0.3 is 0 Å². The number of rotatable bonds is 8. The molecule has 0 spiro atoms. The van der Waals surface area contributed by atoms with E-state index in [4.69, 9.17) is 9.47 Å². The van der Waals surface area contributed by atoms with Crippen LogP contribution < -0.4 is 10.1 Å². The van der Waals surface area contributed by atoms with E-state index in [1.54, 1.807) is 43.8 Å². The SMILES string of the molecule is C=C/C=C(\C=C)OCC#Cc1nnc(NC(=O)c2ccncc2-c2ccccc2OC)s1. The Morgan fingerprint density at radius 1 is 1.22 bits per heavy atom. The second-order valence-electron chi connectivity index (χ2n) is 6.09. The van der Waals surface area contributed by atoms with Crippen molar-refractivity contribution in [2.24, 2.45) is 0 Å². The van der Waals surface area contributed by atoms with E-state index in [1.165, 1.54) is 11.3 Å². The predicted octanol–water partition coefficient (Wildman–Crippen LogP) is 4.49. The van der Waals surface area contributed by atoms with Crippen molar-refractivity contribution >= 4 is 22.4 Å². The molecule has 1 aromatic carbocycles. The fourth-order valence-corrected chi connectivity index (χ4v) is 3.30. The summed E-state index contributed by atoms with van der Waals surface area (Å²) in [5, 5.41) is 11.5. The highest BCUT2D eigenvalue weighted by Gasteiger charge is 2.17. The van der Waals surface area contributed by atoms with Gasteiger partial charge in [0.25, 0.3) is 5.91 Å². The molecular weight excluding hydrogens is 424 g/mol. The molecule has 0 fully saturated rings. The third-order valence-electron chi connectivity index (χ3n) is 4.10. The maximum Gasteiger partial charge on any atom is 0.258 e. The van der Waals surface area contributed by atoms with Crippen LogP contribution in [0, 0.1) is 11.8 Å². The van der Waals surface area contributed by atoms with Gasteiger partial charge in [0.05, 0.1) is 12.7 Å². The van der Waals surface area contributed by atoms with Crippen LogP contribution in [0.25, 0.3) is 11.1 Å². The maximum absolute atomic E-state index is 12.9. The van der Waals surface area contributed by atoms with Gasteiger partial charge in [-0.05, 0) is 30.2 Å². The number of methoxy groups -OCH3 is 1. The number of hydrogen-bond donors (Lipinski definition) is 1. The number of amides is 1. The molecule has 8 heteroatoms. The lowest BCUT2D eigenvalue weighted by Crippen LogP contribution is -2.13. The number of allylic oxidation sites excluding steroid dienone is 3. The van der Waals surface area contributed by atoms with E-state index in [-0.39, 0.29) is 12.5 Å². The van der Waals surface area contributed by atoms with E-state index < -0.39 is 0 Å². The largest absolute Gasteiger partial charge is 0.496 e. The first-order valence-corrected chi connectivity index (χ1v) is 10.3. The summed E-state index contributed by atoms with van der Waals surface area (Å²) in [7, 11) is 1.58. The number of nitrogens with one attached hydrogen (secondary N) is 1. The lowest BCUT2D eigenvalue weighted by atomic mass is 10.0. The molecule has 160 valence electrons. The molecule has 2 heterocycles. The zero-order valence-corrected chi connectivity index (χ0v) is 18.2. The Bertz CT molecular complexity index is 1220. The van der Waals surface area contributed by atoms with Crippen LogP contribution in [-0.2, 0) is 4.74 Å². The summed E-state index contributed by atoms with van der Waals surface area (Å²) in [6.07, 6.45) is 8.05. The van der Waals surface area contributed by atoms with Crippen LogP contribution in [0.15, 0.2) is 79.9 Å². The van der Waals surface area contributed by atoms with Crippen molar-refractivity contribution in [3.8, 4) is 28.7 Å². The van der Waals surface area contributed by atoms with Gasteiger partial charge in [0.1, 0.15) is 18.1 Å². The summed E-state index contributed by atoms with van der Waals surface area (Å²) >= 11 is 1.17. The van der Waals surface area contributed by atoms with Crippen molar-refractivity contribution in [2.75, 3.05) is 19.0 Å². The lowest BCUT2D eigenvalue weighted by Gasteiger charge is -2.11. The molecule has 32 heavy (non-hydrogen) atoms. The minimum absolute atomic E-state index is 0.159. The number of carbonyl (C=O) groups excluding carboxylic acids is 1. The number of para-hydroxylation sites is 1. The van der Waals surface area contributed by atoms with Crippen LogP contribution >= 0.6 is 11.3 Å². The van der Waals surface area contributed by atoms with Crippen LogP contribution in [0.2, 0.25) is 0 Å². The van der Waals surface area contributed by atoms with Crippen molar-refractivity contribution in [2.45, 2.75) is 0 Å². The third kappa shape index (κ3) is 5.68. The summed E-state index contributed by atoms with van der Waals surface area (Å²) < 4.78 is 10.8. The molecule has 0 atom stereocenters. The number of anilines is 1. The average molecular weight is 445 g/mol. The number of pyridine rings is 1. The molecule has 0 radical (unpaired) electrons. The first-order chi connectivity index (χ1) is 15.7. The van der Waals surface area contributed by atoms with Crippen molar-refractivity contribution < 1.29 is 14.3 Å². The Morgan fingerprint density at radius 2 is 2.06 bits per heavy atom. The highest BCUT2D eigenvalue weighted by molar-refractivity contribution is 7.15. The normalized spacial score (nSPS) is 10.5. The van der Waals surface area contributed by atoms with E-state index in [1.807, 2.05) is 24.3 Å². The van der Waals surface area contributed by atoms with Gasteiger partial charge in [-0.1, -0.05) is 54.7 Å². The van der Waals surface area contributed by atoms with E-state index >= 15 is 0 Å². The fraction of sp³-hybridized carbons (Fsp3) is 0.0833. The lowest BCUT2D eigenvalue weighted by molar-refractivity contribution is 0.102. The number of carbonyl (C=O) groups is 1. The van der Waals surface area contributed by atoms with Crippen LogP contribution in [0.3, 0.4) is 0 Å². The van der Waals surface area contributed by atoms with Crippen LogP contribution in [-0.4, -0.2) is 34.8 Å². The van der Waals surface area contributed by atoms with E-state index in [0.717, 1.165) is 5.56 Å². The Kier molecular flexibility index (Phi) is 7.90. The van der Waals surface area contributed by atoms with Gasteiger partial charge in [0.2, 0.25) is 5.13 Å². The summed E-state index contributed by atoms with van der Waals surface area (Å²) in [5.41, 5.74) is 1.85. The highest BCUT2D eigenvalue weighted by Crippen LogP contribution is 2.32. The van der Waals surface area contributed by atoms with Gasteiger partial charge in [-0.15, -0.1) is 10.2 Å². The Balaban J connectivity index is 1.72. The van der Waals surface area contributed by atoms with Crippen LogP contribution in [0.5, 0.6) is 5.75 Å². The summed E-state index contributed by atoms with van der Waals surface area (Å²) in [4.78, 5) is 17.1. The molecule has 3 rings (SSSR count). The highest BCUT2D eigenvalue weighted by atomic mass is 32.1. The molecule has 3 aromatic rings. The van der Waals surface area contributed by atoms with Crippen molar-refractivity contribution in [1.29, 1.82) is 0 Å². The van der Waals surface area contributed by atoms with Gasteiger partial charge in [0, 0.05) is 23.5 Å². The van der Waals surface area contributed by atoms with E-state index in [2.05, 4.69) is 45.5 Å². The zero-order chi connectivity index (χ0) is 22.8. The number of ether oxygens (including phenoxy) is 2. The quantitative estimate of drug-likeness (QED) is 0.313. The Labute approximate surface area is 190 Å². The number of benzene rings is 1. The second-order valence-corrected chi connectivity index (χ2v) is 7.06. The number of nitrogens with zero attached hydrogens (tertiary/aromatic N) is 3. The summed E-state index contributed by atoms with van der Waals surface area (Å²) in [6.45, 7) is 7.41. The molecule has 7 nitrogen and oxygen atoms in total. The van der Waals surface area contributed by atoms with Gasteiger partial charge < -0.3 is 9.47 Å². The molecule has 1 amide bonds. The molecule has 0 aliphatic carbocycles. The van der Waals surface area contributed by atoms with Crippen LogP contribution in [0.4, 0.5) is 5.13 Å². The molecule has 0 unspecified atom stereocenters. The summed E-state index contributed by atoms with van der Waals surface area (Å²) in [5.74, 6) is 6.58. The molecule has 0 aliphatic heterocycles. The molecule has 0 aliphatic rings. The predicted molar refractivity (Wildman–Crippen MR) is 125 cm³/mol. The van der Waals surface area contributed by atoms with E-state index in [9.17, 15) is 4.79 Å². The molecule has 0 saturated carbocycles. The van der Waals surface area contributed by atoms with Gasteiger partial charge in [-0.2, -0.15) is 0 Å². The zero-order valence-electron chi connectivity index (χ0n) is 17.4. The molecule has 1 N–H and O–H groups in total. The Morgan fingerprint density at radius 3 is 2.84 bits per heavy atom. The van der Waals surface area contributed by atoms with Gasteiger partial charge in [-0.25, -0.2) is 0 Å². The van der Waals surface area contributed by atoms with Crippen molar-refractivity contribution in [3.63, 3.8) is 0 Å². The first kappa shape index (κ1) is 22.5. The van der Waals surface area contributed by atoms with Crippen LogP contribution in [0.1, 0.15) is 15.4 Å². The third-order valence-corrected chi connectivity index (χ3v) is 4.85. The summed E-state index contributed by atoms with van der Waals surface area (Å²) in [6, 6.07) is 9.08. The monoisotopic (exact) mass is 444 g/mol. The minimum atomic E-state index is -0.336. The van der Waals surface area contributed by atoms with Gasteiger partial charge in [0.15, 0.2) is 5.01 Å². The van der Waals surface area contributed by atoms with E-state index in [0.29, 0.717) is 32.8 Å². The first-order valence-electron chi connectivity index (χ1n) is 9.45.